The first-order chi connectivity index (χ1) is 20.0. The number of ether oxygens (including phenoxy) is 4. The lowest BCUT2D eigenvalue weighted by Crippen LogP contribution is -2.67. The van der Waals surface area contributed by atoms with Crippen LogP contribution in [0.15, 0.2) is 0 Å². The molecule has 15 unspecified atom stereocenters. The van der Waals surface area contributed by atoms with Crippen molar-refractivity contribution in [3.05, 3.63) is 0 Å². The van der Waals surface area contributed by atoms with Crippen molar-refractivity contribution in [1.29, 1.82) is 0 Å². The summed E-state index contributed by atoms with van der Waals surface area (Å²) in [4.78, 5) is 0. The summed E-state index contributed by atoms with van der Waals surface area (Å²) in [6.07, 6.45) is -9.72. The minimum Gasteiger partial charge on any atom is -0.394 e. The summed E-state index contributed by atoms with van der Waals surface area (Å²) >= 11 is 0. The lowest BCUT2D eigenvalue weighted by molar-refractivity contribution is -0.353. The number of rotatable bonds is 5. The monoisotopic (exact) mass is 604 g/mol. The van der Waals surface area contributed by atoms with Crippen molar-refractivity contribution in [1.82, 2.24) is 0 Å². The van der Waals surface area contributed by atoms with Gasteiger partial charge >= 0.3 is 0 Å². The maximum absolute atomic E-state index is 10.9. The van der Waals surface area contributed by atoms with E-state index in [-0.39, 0.29) is 48.9 Å². The molecule has 242 valence electrons. The van der Waals surface area contributed by atoms with Crippen molar-refractivity contribution in [2.45, 2.75) is 150 Å². The summed E-state index contributed by atoms with van der Waals surface area (Å²) in [7, 11) is 0. The Kier molecular flexibility index (Phi) is 9.51. The average Bonchev–Trinajstić information content (AvgIpc) is 2.96. The second kappa shape index (κ2) is 12.7. The molecule has 6 rings (SSSR count). The SMILES string of the molecule is OCC1OC(OC2C3CC(C4CCC(O)CC4)OC4CC(O)CC(OC2C2CC(O)C(O)C(O)C2)C43)C(O)C(O)C1O. The Labute approximate surface area is 245 Å². The van der Waals surface area contributed by atoms with Crippen LogP contribution < -0.4 is 0 Å². The first-order valence-electron chi connectivity index (χ1n) is 15.7. The topological polar surface area (TPSA) is 219 Å². The third kappa shape index (κ3) is 5.91. The maximum atomic E-state index is 10.9. The zero-order valence-corrected chi connectivity index (χ0v) is 23.7. The summed E-state index contributed by atoms with van der Waals surface area (Å²) in [5, 5.41) is 93.7. The fourth-order valence-corrected chi connectivity index (χ4v) is 8.80. The van der Waals surface area contributed by atoms with Crippen molar-refractivity contribution in [2.75, 3.05) is 6.61 Å². The van der Waals surface area contributed by atoms with Gasteiger partial charge in [-0.25, -0.2) is 0 Å². The fourth-order valence-electron chi connectivity index (χ4n) is 8.80. The highest BCUT2D eigenvalue weighted by Crippen LogP contribution is 2.52. The van der Waals surface area contributed by atoms with E-state index in [1.165, 1.54) is 0 Å². The van der Waals surface area contributed by atoms with Gasteiger partial charge in [0.15, 0.2) is 6.29 Å². The molecule has 0 spiro atoms. The van der Waals surface area contributed by atoms with Crippen molar-refractivity contribution in [3.63, 3.8) is 0 Å². The highest BCUT2D eigenvalue weighted by Gasteiger charge is 2.59. The molecule has 3 heterocycles. The van der Waals surface area contributed by atoms with E-state index >= 15 is 0 Å². The second-order valence-electron chi connectivity index (χ2n) is 13.7. The molecule has 13 heteroatoms. The molecule has 13 nitrogen and oxygen atoms in total. The van der Waals surface area contributed by atoms with Crippen molar-refractivity contribution in [2.24, 2.45) is 23.7 Å². The summed E-state index contributed by atoms with van der Waals surface area (Å²) in [5.41, 5.74) is 0. The van der Waals surface area contributed by atoms with Gasteiger partial charge in [0.25, 0.3) is 0 Å². The fraction of sp³-hybridized carbons (Fsp3) is 1.00. The molecule has 9 N–H and O–H groups in total. The largest absolute Gasteiger partial charge is 0.394 e. The maximum Gasteiger partial charge on any atom is 0.187 e. The minimum absolute atomic E-state index is 0.133. The Hall–Kier alpha value is -0.520. The predicted octanol–water partition coefficient (Wildman–Crippen LogP) is -2.47. The molecular formula is C29H48O13. The van der Waals surface area contributed by atoms with E-state index in [0.717, 1.165) is 12.8 Å². The van der Waals surface area contributed by atoms with Gasteiger partial charge in [-0.15, -0.1) is 0 Å². The highest BCUT2D eigenvalue weighted by molar-refractivity contribution is 5.07. The van der Waals surface area contributed by atoms with Crippen LogP contribution in [0, 0.1) is 23.7 Å². The quantitative estimate of drug-likeness (QED) is 0.159. The van der Waals surface area contributed by atoms with Crippen LogP contribution in [0.4, 0.5) is 0 Å². The van der Waals surface area contributed by atoms with E-state index in [0.29, 0.717) is 32.1 Å². The molecule has 6 fully saturated rings. The van der Waals surface area contributed by atoms with Gasteiger partial charge in [-0.3, -0.25) is 0 Å². The second-order valence-corrected chi connectivity index (χ2v) is 13.7. The van der Waals surface area contributed by atoms with Crippen LogP contribution in [-0.4, -0.2) is 144 Å². The lowest BCUT2D eigenvalue weighted by Gasteiger charge is -2.59. The zero-order valence-electron chi connectivity index (χ0n) is 23.7. The Morgan fingerprint density at radius 1 is 0.571 bits per heavy atom. The predicted molar refractivity (Wildman–Crippen MR) is 142 cm³/mol. The molecule has 15 atom stereocenters. The Bertz CT molecular complexity index is 889. The molecular weight excluding hydrogens is 556 g/mol. The van der Waals surface area contributed by atoms with Crippen molar-refractivity contribution >= 4 is 0 Å². The van der Waals surface area contributed by atoms with E-state index in [1.807, 2.05) is 0 Å². The van der Waals surface area contributed by atoms with Gasteiger partial charge in [-0.05, 0) is 75.5 Å². The molecule has 3 aliphatic carbocycles. The van der Waals surface area contributed by atoms with E-state index in [1.54, 1.807) is 0 Å². The molecule has 3 aliphatic heterocycles. The Morgan fingerprint density at radius 3 is 1.86 bits per heavy atom. The molecule has 0 radical (unpaired) electrons. The molecule has 0 aromatic rings. The van der Waals surface area contributed by atoms with Gasteiger partial charge in [-0.2, -0.15) is 0 Å². The van der Waals surface area contributed by atoms with E-state index < -0.39 is 86.0 Å². The van der Waals surface area contributed by atoms with Gasteiger partial charge in [0, 0.05) is 5.92 Å². The van der Waals surface area contributed by atoms with Gasteiger partial charge in [0.2, 0.25) is 0 Å². The summed E-state index contributed by atoms with van der Waals surface area (Å²) in [6, 6.07) is 0. The van der Waals surface area contributed by atoms with Crippen LogP contribution in [-0.2, 0) is 18.9 Å². The lowest BCUT2D eigenvalue weighted by atomic mass is 9.63. The summed E-state index contributed by atoms with van der Waals surface area (Å²) in [6.45, 7) is -0.605. The first-order valence-corrected chi connectivity index (χ1v) is 15.7. The van der Waals surface area contributed by atoms with Gasteiger partial charge in [0.1, 0.15) is 30.5 Å². The summed E-state index contributed by atoms with van der Waals surface area (Å²) in [5.74, 6) is -0.605. The molecule has 0 amide bonds. The molecule has 0 aromatic heterocycles. The molecule has 0 bridgehead atoms. The molecule has 3 saturated heterocycles. The van der Waals surface area contributed by atoms with Crippen molar-refractivity contribution < 1.29 is 64.9 Å². The van der Waals surface area contributed by atoms with Crippen LogP contribution in [0.3, 0.4) is 0 Å². The molecule has 42 heavy (non-hydrogen) atoms. The van der Waals surface area contributed by atoms with Crippen LogP contribution in [0.25, 0.3) is 0 Å². The normalized spacial score (nSPS) is 56.9. The van der Waals surface area contributed by atoms with Gasteiger partial charge < -0.3 is 64.9 Å². The van der Waals surface area contributed by atoms with E-state index in [4.69, 9.17) is 18.9 Å². The average molecular weight is 605 g/mol. The van der Waals surface area contributed by atoms with Crippen molar-refractivity contribution in [3.8, 4) is 0 Å². The minimum atomic E-state index is -1.63. The Morgan fingerprint density at radius 2 is 1.21 bits per heavy atom. The number of aliphatic hydroxyl groups is 9. The standard InChI is InChI=1S/C29H48O13/c30-10-21-24(36)25(37)26(38)29(41-21)42-28-15-9-18(11-1-3-13(31)4-2-11)39-19-7-14(32)8-20(22(15)19)40-27(28)12-5-16(33)23(35)17(34)6-12/h11-38H,1-10H2. The van der Waals surface area contributed by atoms with Crippen LogP contribution >= 0.6 is 0 Å². The molecule has 0 aromatic carbocycles. The number of aliphatic hydroxyl groups excluding tert-OH is 9. The molecule has 6 aliphatic rings. The first kappa shape index (κ1) is 31.5. The van der Waals surface area contributed by atoms with E-state index in [2.05, 4.69) is 0 Å². The number of hydrogen-bond acceptors (Lipinski definition) is 13. The third-order valence-corrected chi connectivity index (χ3v) is 11.0. The smallest absolute Gasteiger partial charge is 0.187 e. The van der Waals surface area contributed by atoms with E-state index in [9.17, 15) is 46.0 Å². The van der Waals surface area contributed by atoms with Crippen LogP contribution in [0.2, 0.25) is 0 Å². The van der Waals surface area contributed by atoms with Gasteiger partial charge in [-0.1, -0.05) is 0 Å². The summed E-state index contributed by atoms with van der Waals surface area (Å²) < 4.78 is 25.6. The number of hydrogen-bond donors (Lipinski definition) is 9. The zero-order chi connectivity index (χ0) is 29.9. The van der Waals surface area contributed by atoms with Gasteiger partial charge in [0.05, 0.1) is 61.5 Å². The third-order valence-electron chi connectivity index (χ3n) is 11.0. The van der Waals surface area contributed by atoms with Crippen LogP contribution in [0.5, 0.6) is 0 Å². The molecule has 3 saturated carbocycles. The highest BCUT2D eigenvalue weighted by atomic mass is 16.7. The Balaban J connectivity index is 1.33. The van der Waals surface area contributed by atoms with Crippen LogP contribution in [0.1, 0.15) is 57.8 Å².